The first kappa shape index (κ1) is 11.0. The lowest BCUT2D eigenvalue weighted by molar-refractivity contribution is -0.390. The van der Waals surface area contributed by atoms with E-state index in [1.807, 2.05) is 0 Å². The number of nitro groups is 2. The molecule has 0 spiro atoms. The maximum Gasteiger partial charge on any atom is 0.287 e. The van der Waals surface area contributed by atoms with Crippen LogP contribution in [0.2, 0.25) is 0 Å². The number of fused-ring (bicyclic) bond motifs is 1. The molecule has 0 heterocycles. The third kappa shape index (κ3) is 1.69. The predicted octanol–water partition coefficient (Wildman–Crippen LogP) is 2.96. The molecule has 0 bridgehead atoms. The molecule has 6 heteroatoms. The zero-order valence-corrected chi connectivity index (χ0v) is 8.91. The van der Waals surface area contributed by atoms with Crippen LogP contribution >= 0.6 is 0 Å². The first-order chi connectivity index (χ1) is 8.02. The number of rotatable bonds is 2. The van der Waals surface area contributed by atoms with Gasteiger partial charge in [-0.1, -0.05) is 24.3 Å². The Morgan fingerprint density at radius 1 is 1.00 bits per heavy atom. The van der Waals surface area contributed by atoms with E-state index in [9.17, 15) is 20.2 Å². The minimum Gasteiger partial charge on any atom is -0.258 e. The van der Waals surface area contributed by atoms with Crippen molar-refractivity contribution in [2.45, 2.75) is 6.92 Å². The van der Waals surface area contributed by atoms with Gasteiger partial charge in [-0.2, -0.15) is 0 Å². The largest absolute Gasteiger partial charge is 0.287 e. The summed E-state index contributed by atoms with van der Waals surface area (Å²) in [5, 5.41) is 22.5. The molecule has 0 atom stereocenters. The van der Waals surface area contributed by atoms with E-state index in [1.54, 1.807) is 25.1 Å². The van der Waals surface area contributed by atoms with Gasteiger partial charge in [-0.3, -0.25) is 20.2 Å². The second kappa shape index (κ2) is 3.82. The summed E-state index contributed by atoms with van der Waals surface area (Å²) >= 11 is 0. The van der Waals surface area contributed by atoms with Gasteiger partial charge in [0.2, 0.25) is 0 Å². The van der Waals surface area contributed by atoms with Crippen molar-refractivity contribution in [3.63, 3.8) is 0 Å². The molecular weight excluding hydrogens is 224 g/mol. The molecule has 2 aromatic carbocycles. The van der Waals surface area contributed by atoms with E-state index in [-0.39, 0.29) is 16.8 Å². The number of aryl methyl sites for hydroxylation is 1. The van der Waals surface area contributed by atoms with Gasteiger partial charge in [-0.05, 0) is 12.3 Å². The molecule has 0 saturated carbocycles. The van der Waals surface area contributed by atoms with Crippen molar-refractivity contribution in [2.75, 3.05) is 0 Å². The molecule has 0 aliphatic carbocycles. The smallest absolute Gasteiger partial charge is 0.258 e. The molecule has 0 fully saturated rings. The highest BCUT2D eigenvalue weighted by Gasteiger charge is 2.23. The minimum absolute atomic E-state index is 0.0856. The number of hydrogen-bond donors (Lipinski definition) is 0. The van der Waals surface area contributed by atoms with Crippen molar-refractivity contribution in [1.29, 1.82) is 0 Å². The molecule has 0 aliphatic heterocycles. The Bertz CT molecular complexity index is 637. The lowest BCUT2D eigenvalue weighted by Crippen LogP contribution is -1.97. The van der Waals surface area contributed by atoms with Gasteiger partial charge in [0, 0.05) is 11.6 Å². The highest BCUT2D eigenvalue weighted by molar-refractivity contribution is 5.99. The van der Waals surface area contributed by atoms with Crippen LogP contribution in [0, 0.1) is 27.2 Å². The van der Waals surface area contributed by atoms with Crippen LogP contribution in [-0.4, -0.2) is 9.85 Å². The van der Waals surface area contributed by atoms with Gasteiger partial charge in [0.15, 0.2) is 0 Å². The summed E-state index contributed by atoms with van der Waals surface area (Å²) in [5.74, 6) is 0. The maximum absolute atomic E-state index is 11.0. The molecule has 0 radical (unpaired) electrons. The summed E-state index contributed by atoms with van der Waals surface area (Å²) in [6.45, 7) is 1.56. The second-order valence-corrected chi connectivity index (χ2v) is 3.62. The minimum atomic E-state index is -0.602. The van der Waals surface area contributed by atoms with Crippen LogP contribution in [0.3, 0.4) is 0 Å². The third-order valence-corrected chi connectivity index (χ3v) is 2.58. The molecule has 2 rings (SSSR count). The van der Waals surface area contributed by atoms with Gasteiger partial charge in [-0.15, -0.1) is 0 Å². The average Bonchev–Trinajstić information content (AvgIpc) is 2.27. The van der Waals surface area contributed by atoms with Gasteiger partial charge in [0.25, 0.3) is 11.4 Å². The maximum atomic E-state index is 11.0. The fourth-order valence-electron chi connectivity index (χ4n) is 1.83. The zero-order chi connectivity index (χ0) is 12.6. The normalized spacial score (nSPS) is 10.4. The van der Waals surface area contributed by atoms with Crippen molar-refractivity contribution in [2.24, 2.45) is 0 Å². The van der Waals surface area contributed by atoms with E-state index in [0.29, 0.717) is 10.9 Å². The number of non-ortho nitro benzene ring substituents is 1. The number of nitro benzene ring substituents is 2. The van der Waals surface area contributed by atoms with Gasteiger partial charge >= 0.3 is 0 Å². The van der Waals surface area contributed by atoms with Crippen molar-refractivity contribution in [3.8, 4) is 0 Å². The monoisotopic (exact) mass is 232 g/mol. The summed E-state index contributed by atoms with van der Waals surface area (Å²) in [4.78, 5) is 20.7. The average molecular weight is 232 g/mol. The Kier molecular flexibility index (Phi) is 2.47. The Balaban J connectivity index is 2.99. The topological polar surface area (TPSA) is 86.3 Å². The SMILES string of the molecule is Cc1ccc2cccc([N+](=O)[O-])c2c1[N+](=O)[O-]. The van der Waals surface area contributed by atoms with Gasteiger partial charge in [0.05, 0.1) is 9.85 Å². The van der Waals surface area contributed by atoms with Crippen molar-refractivity contribution >= 4 is 22.1 Å². The number of benzene rings is 2. The summed E-state index contributed by atoms with van der Waals surface area (Å²) in [6, 6.07) is 7.64. The summed E-state index contributed by atoms with van der Waals surface area (Å²) in [5.41, 5.74) is -0.0236. The van der Waals surface area contributed by atoms with Gasteiger partial charge in [-0.25, -0.2) is 0 Å². The van der Waals surface area contributed by atoms with Gasteiger partial charge < -0.3 is 0 Å². The molecule has 0 saturated heterocycles. The molecule has 0 amide bonds. The van der Waals surface area contributed by atoms with E-state index in [2.05, 4.69) is 0 Å². The highest BCUT2D eigenvalue weighted by Crippen LogP contribution is 2.35. The number of nitrogens with zero attached hydrogens (tertiary/aromatic N) is 2. The molecular formula is C11H8N2O4. The Morgan fingerprint density at radius 2 is 1.71 bits per heavy atom. The quantitative estimate of drug-likeness (QED) is 0.588. The third-order valence-electron chi connectivity index (χ3n) is 2.58. The Morgan fingerprint density at radius 3 is 2.29 bits per heavy atom. The molecule has 0 unspecified atom stereocenters. The Hall–Kier alpha value is -2.50. The lowest BCUT2D eigenvalue weighted by Gasteiger charge is -2.03. The lowest BCUT2D eigenvalue weighted by atomic mass is 10.0. The van der Waals surface area contributed by atoms with Crippen molar-refractivity contribution in [1.82, 2.24) is 0 Å². The van der Waals surface area contributed by atoms with E-state index in [1.165, 1.54) is 12.1 Å². The summed E-state index contributed by atoms with van der Waals surface area (Å²) < 4.78 is 0. The van der Waals surface area contributed by atoms with Crippen molar-refractivity contribution < 1.29 is 9.85 Å². The van der Waals surface area contributed by atoms with Crippen LogP contribution in [0.15, 0.2) is 30.3 Å². The van der Waals surface area contributed by atoms with Crippen molar-refractivity contribution in [3.05, 3.63) is 56.1 Å². The molecule has 6 nitrogen and oxygen atoms in total. The molecule has 17 heavy (non-hydrogen) atoms. The molecule has 2 aromatic rings. The molecule has 86 valence electrons. The highest BCUT2D eigenvalue weighted by atomic mass is 16.6. The van der Waals surface area contributed by atoms with Crippen LogP contribution < -0.4 is 0 Å². The van der Waals surface area contributed by atoms with E-state index >= 15 is 0 Å². The first-order valence-corrected chi connectivity index (χ1v) is 4.83. The molecule has 0 N–H and O–H groups in total. The van der Waals surface area contributed by atoms with Crippen LogP contribution in [0.4, 0.5) is 11.4 Å². The number of hydrogen-bond acceptors (Lipinski definition) is 4. The van der Waals surface area contributed by atoms with E-state index in [0.717, 1.165) is 0 Å². The second-order valence-electron chi connectivity index (χ2n) is 3.62. The summed E-state index contributed by atoms with van der Waals surface area (Å²) in [6.07, 6.45) is 0. The van der Waals surface area contributed by atoms with Crippen LogP contribution in [0.25, 0.3) is 10.8 Å². The van der Waals surface area contributed by atoms with Crippen LogP contribution in [0.1, 0.15) is 5.56 Å². The predicted molar refractivity (Wildman–Crippen MR) is 62.0 cm³/mol. The Labute approximate surface area is 95.8 Å². The fraction of sp³-hybridized carbons (Fsp3) is 0.0909. The van der Waals surface area contributed by atoms with E-state index < -0.39 is 9.85 Å². The van der Waals surface area contributed by atoms with E-state index in [4.69, 9.17) is 0 Å². The molecule has 0 aliphatic rings. The molecule has 0 aromatic heterocycles. The summed E-state index contributed by atoms with van der Waals surface area (Å²) in [7, 11) is 0. The fourth-order valence-corrected chi connectivity index (χ4v) is 1.83. The van der Waals surface area contributed by atoms with Crippen LogP contribution in [0.5, 0.6) is 0 Å². The van der Waals surface area contributed by atoms with Gasteiger partial charge in [0.1, 0.15) is 5.39 Å². The zero-order valence-electron chi connectivity index (χ0n) is 8.91. The first-order valence-electron chi connectivity index (χ1n) is 4.83. The standard InChI is InChI=1S/C11H8N2O4/c1-7-5-6-8-3-2-4-9(12(14)15)10(8)11(7)13(16)17/h2-6H,1H3. The van der Waals surface area contributed by atoms with Crippen LogP contribution in [-0.2, 0) is 0 Å².